The molecule has 0 aromatic carbocycles. The van der Waals surface area contributed by atoms with E-state index in [9.17, 15) is 30.0 Å². The molecule has 2 heterocycles. The Kier molecular flexibility index (Phi) is 24.4. The van der Waals surface area contributed by atoms with E-state index in [0.717, 1.165) is 62.5 Å². The summed E-state index contributed by atoms with van der Waals surface area (Å²) in [5.74, 6) is -1.13. The number of hydrogen-bond donors (Lipinski definition) is 5. The van der Waals surface area contributed by atoms with Crippen molar-refractivity contribution in [2.45, 2.75) is 141 Å². The number of aliphatic hydroxyl groups is 4. The van der Waals surface area contributed by atoms with E-state index in [1.165, 1.54) is 7.11 Å². The number of carbonyl (C=O) groups is 2. The predicted octanol–water partition coefficient (Wildman–Crippen LogP) is 7.52. The molecule has 2 aromatic rings. The van der Waals surface area contributed by atoms with Crippen LogP contribution in [0.25, 0.3) is 12.2 Å². The van der Waals surface area contributed by atoms with Gasteiger partial charge in [0.25, 0.3) is 0 Å². The molecular weight excluding hydrogens is 624 g/mol. The van der Waals surface area contributed by atoms with E-state index < -0.39 is 18.2 Å². The number of hydrogen-bond acceptors (Lipinski definition) is 9. The van der Waals surface area contributed by atoms with E-state index in [4.69, 9.17) is 5.11 Å². The van der Waals surface area contributed by atoms with Crippen molar-refractivity contribution < 1.29 is 39.9 Å². The van der Waals surface area contributed by atoms with Gasteiger partial charge in [-0.05, 0) is 74.6 Å². The zero-order chi connectivity index (χ0) is 36.3. The van der Waals surface area contributed by atoms with Gasteiger partial charge >= 0.3 is 11.9 Å². The first kappa shape index (κ1) is 43.6. The van der Waals surface area contributed by atoms with Gasteiger partial charge in [0.15, 0.2) is 0 Å². The highest BCUT2D eigenvalue weighted by molar-refractivity contribution is 5.69. The number of rotatable bonds is 24. The van der Waals surface area contributed by atoms with Crippen molar-refractivity contribution in [3.63, 3.8) is 0 Å². The van der Waals surface area contributed by atoms with Gasteiger partial charge in [-0.2, -0.15) is 0 Å². The third-order valence-electron chi connectivity index (χ3n) is 8.02. The number of aliphatic carboxylic acids is 1. The number of methoxy groups -OCH3 is 1. The van der Waals surface area contributed by atoms with Crippen LogP contribution in [0.4, 0.5) is 0 Å². The molecule has 0 aliphatic heterocycles. The van der Waals surface area contributed by atoms with Crippen molar-refractivity contribution in [3.05, 3.63) is 71.3 Å². The van der Waals surface area contributed by atoms with Gasteiger partial charge in [-0.25, -0.2) is 0 Å². The summed E-state index contributed by atoms with van der Waals surface area (Å²) < 4.78 is 4.60. The predicted molar refractivity (Wildman–Crippen MR) is 193 cm³/mol. The Morgan fingerprint density at radius 2 is 1.14 bits per heavy atom. The number of unbranched alkanes of at least 4 members (excludes halogenated alkanes) is 4. The highest BCUT2D eigenvalue weighted by Crippen LogP contribution is 2.23. The van der Waals surface area contributed by atoms with Gasteiger partial charge in [0, 0.05) is 25.2 Å². The Morgan fingerprint density at radius 3 is 1.55 bits per heavy atom. The van der Waals surface area contributed by atoms with Gasteiger partial charge in [0.1, 0.15) is 0 Å². The molecule has 0 aliphatic carbocycles. The van der Waals surface area contributed by atoms with Crippen molar-refractivity contribution in [1.82, 2.24) is 9.97 Å². The van der Waals surface area contributed by atoms with Gasteiger partial charge in [0.05, 0.1) is 42.9 Å². The first-order valence-corrected chi connectivity index (χ1v) is 17.9. The number of pyridine rings is 2. The minimum atomic E-state index is -0.861. The standard InChI is InChI=1S/C20H31NO4.C19H29NO4/c1-3-4-5-11-17(22)12-6-9-16-10-8-15-21-20(16)18(23)13-7-14-19(24)25-2;1-2-3-4-10-16(21)11-5-8-15-9-7-14-20-19(15)17(22)12-6-13-18(23)24/h6,8-10,15,17-18,22-23H,3-5,7,11-14H2,1-2H3;5,7-9,14,16-17,21-22H,2-4,6,10-13H2,1H3,(H,23,24)/b9-6+;8-5+. The molecule has 0 saturated carbocycles. The Labute approximate surface area is 293 Å². The molecule has 4 atom stereocenters. The van der Waals surface area contributed by atoms with Crippen LogP contribution in [0.3, 0.4) is 0 Å². The van der Waals surface area contributed by atoms with Crippen molar-refractivity contribution in [3.8, 4) is 0 Å². The van der Waals surface area contributed by atoms with Crippen LogP contribution in [0.15, 0.2) is 48.8 Å². The molecule has 5 N–H and O–H groups in total. The Morgan fingerprint density at radius 1 is 0.694 bits per heavy atom. The molecule has 10 heteroatoms. The summed E-state index contributed by atoms with van der Waals surface area (Å²) in [6, 6.07) is 7.38. The van der Waals surface area contributed by atoms with Crippen LogP contribution in [0.1, 0.15) is 151 Å². The number of carboxylic acids is 1. The summed E-state index contributed by atoms with van der Waals surface area (Å²) in [6.07, 6.45) is 20.2. The van der Waals surface area contributed by atoms with Crippen LogP contribution in [0, 0.1) is 0 Å². The van der Waals surface area contributed by atoms with Gasteiger partial charge in [-0.15, -0.1) is 0 Å². The lowest BCUT2D eigenvalue weighted by atomic mass is 10.0. The van der Waals surface area contributed by atoms with Crippen molar-refractivity contribution in [2.24, 2.45) is 0 Å². The second kappa shape index (κ2) is 27.4. The van der Waals surface area contributed by atoms with E-state index in [2.05, 4.69) is 28.6 Å². The molecule has 0 amide bonds. The zero-order valence-corrected chi connectivity index (χ0v) is 29.8. The SMILES string of the molecule is CCCCCC(O)C/C=C/c1cccnc1C(O)CCCC(=O)O.CCCCCC(O)C/C=C/c1cccnc1C(O)CCCC(=O)OC. The first-order chi connectivity index (χ1) is 23.6. The number of carboxylic acid groups (broad SMARTS) is 1. The third kappa shape index (κ3) is 20.6. The highest BCUT2D eigenvalue weighted by atomic mass is 16.5. The van der Waals surface area contributed by atoms with Gasteiger partial charge in [-0.1, -0.05) is 88.8 Å². The van der Waals surface area contributed by atoms with Gasteiger partial charge in [0.2, 0.25) is 0 Å². The first-order valence-electron chi connectivity index (χ1n) is 17.9. The molecule has 0 spiro atoms. The lowest BCUT2D eigenvalue weighted by molar-refractivity contribution is -0.141. The maximum absolute atomic E-state index is 11.1. The molecule has 49 heavy (non-hydrogen) atoms. The van der Waals surface area contributed by atoms with Crippen molar-refractivity contribution >= 4 is 24.1 Å². The Bertz CT molecular complexity index is 1240. The summed E-state index contributed by atoms with van der Waals surface area (Å²) in [7, 11) is 1.36. The second-order valence-electron chi connectivity index (χ2n) is 12.3. The number of nitrogens with zero attached hydrogens (tertiary/aromatic N) is 2. The number of esters is 1. The minimum absolute atomic E-state index is 0.0407. The molecule has 0 radical (unpaired) electrons. The lowest BCUT2D eigenvalue weighted by Gasteiger charge is -2.12. The fraction of sp³-hybridized carbons (Fsp3) is 0.590. The molecule has 10 nitrogen and oxygen atoms in total. The average molecular weight is 685 g/mol. The summed E-state index contributed by atoms with van der Waals surface area (Å²) >= 11 is 0. The second-order valence-corrected chi connectivity index (χ2v) is 12.3. The molecule has 0 aliphatic rings. The highest BCUT2D eigenvalue weighted by Gasteiger charge is 2.15. The monoisotopic (exact) mass is 684 g/mol. The van der Waals surface area contributed by atoms with Crippen LogP contribution < -0.4 is 0 Å². The largest absolute Gasteiger partial charge is 0.481 e. The number of ether oxygens (including phenoxy) is 1. The molecule has 274 valence electrons. The van der Waals surface area contributed by atoms with E-state index in [-0.39, 0.29) is 31.0 Å². The molecule has 2 aromatic heterocycles. The smallest absolute Gasteiger partial charge is 0.305 e. The minimum Gasteiger partial charge on any atom is -0.481 e. The maximum atomic E-state index is 11.1. The zero-order valence-electron chi connectivity index (χ0n) is 29.8. The lowest BCUT2D eigenvalue weighted by Crippen LogP contribution is -2.06. The third-order valence-corrected chi connectivity index (χ3v) is 8.02. The van der Waals surface area contributed by atoms with Gasteiger partial charge in [-0.3, -0.25) is 19.6 Å². The van der Waals surface area contributed by atoms with Crippen molar-refractivity contribution in [2.75, 3.05) is 7.11 Å². The topological polar surface area (TPSA) is 170 Å². The fourth-order valence-corrected chi connectivity index (χ4v) is 5.16. The normalized spacial score (nSPS) is 13.9. The van der Waals surface area contributed by atoms with Gasteiger partial charge < -0.3 is 30.3 Å². The van der Waals surface area contributed by atoms with E-state index in [1.54, 1.807) is 18.5 Å². The quantitative estimate of drug-likeness (QED) is 0.0550. The number of aliphatic hydroxyl groups excluding tert-OH is 4. The van der Waals surface area contributed by atoms with Crippen LogP contribution in [0.2, 0.25) is 0 Å². The molecule has 0 bridgehead atoms. The van der Waals surface area contributed by atoms with Crippen LogP contribution in [0.5, 0.6) is 0 Å². The number of aromatic nitrogens is 2. The van der Waals surface area contributed by atoms with Crippen LogP contribution >= 0.6 is 0 Å². The molecule has 0 fully saturated rings. The summed E-state index contributed by atoms with van der Waals surface area (Å²) in [5, 5.41) is 49.1. The van der Waals surface area contributed by atoms with E-state index >= 15 is 0 Å². The van der Waals surface area contributed by atoms with E-state index in [0.29, 0.717) is 49.9 Å². The summed E-state index contributed by atoms with van der Waals surface area (Å²) in [6.45, 7) is 4.28. The molecule has 2 rings (SSSR count). The van der Waals surface area contributed by atoms with Crippen molar-refractivity contribution in [1.29, 1.82) is 0 Å². The van der Waals surface area contributed by atoms with E-state index in [1.807, 2.05) is 42.5 Å². The number of carbonyl (C=O) groups excluding carboxylic acids is 1. The summed E-state index contributed by atoms with van der Waals surface area (Å²) in [5.41, 5.74) is 2.80. The molecule has 0 saturated heterocycles. The summed E-state index contributed by atoms with van der Waals surface area (Å²) in [4.78, 5) is 30.2. The maximum Gasteiger partial charge on any atom is 0.305 e. The van der Waals surface area contributed by atoms with Crippen LogP contribution in [-0.2, 0) is 14.3 Å². The van der Waals surface area contributed by atoms with Crippen LogP contribution in [-0.4, -0.2) is 66.8 Å². The Balaban J connectivity index is 0.000000490. The molecular formula is C39H60N2O8. The molecule has 4 unspecified atom stereocenters. The fourth-order valence-electron chi connectivity index (χ4n) is 5.16. The average Bonchev–Trinajstić information content (AvgIpc) is 3.09. The Hall–Kier alpha value is -3.44.